The Morgan fingerprint density at radius 2 is 2.25 bits per heavy atom. The lowest BCUT2D eigenvalue weighted by Gasteiger charge is -2.11. The first-order chi connectivity index (χ1) is 9.44. The molecular formula is C14H23N3O2S. The number of sulfone groups is 1. The van der Waals surface area contributed by atoms with Crippen LogP contribution in [0.5, 0.6) is 0 Å². The Morgan fingerprint density at radius 1 is 1.50 bits per heavy atom. The molecule has 20 heavy (non-hydrogen) atoms. The number of rotatable bonds is 6. The van der Waals surface area contributed by atoms with Crippen LogP contribution in [0.15, 0.2) is 12.7 Å². The molecule has 1 aromatic heterocycles. The monoisotopic (exact) mass is 297 g/mol. The molecule has 0 amide bonds. The third-order valence-corrected chi connectivity index (χ3v) is 5.61. The lowest BCUT2D eigenvalue weighted by Crippen LogP contribution is -2.16. The molecule has 1 aromatic rings. The summed E-state index contributed by atoms with van der Waals surface area (Å²) in [5, 5.41) is 7.91. The van der Waals surface area contributed by atoms with Crippen molar-refractivity contribution < 1.29 is 8.42 Å². The molecule has 0 saturated carbocycles. The Kier molecular flexibility index (Phi) is 4.65. The van der Waals surface area contributed by atoms with Gasteiger partial charge in [0.05, 0.1) is 23.2 Å². The summed E-state index contributed by atoms with van der Waals surface area (Å²) in [5.74, 6) is 0.501. The van der Waals surface area contributed by atoms with Crippen molar-refractivity contribution in [3.05, 3.63) is 29.6 Å². The standard InChI is InChI=1S/C14H23N3O2S/c1-4-5-7-15-9-14-11(2)16-17(12(14)3)13-6-8-20(18,19)10-13/h4,13,15H,1,5-10H2,2-3H3. The first kappa shape index (κ1) is 15.3. The van der Waals surface area contributed by atoms with Gasteiger partial charge in [0, 0.05) is 17.8 Å². The van der Waals surface area contributed by atoms with Gasteiger partial charge in [-0.3, -0.25) is 4.68 Å². The Hall–Kier alpha value is -1.14. The van der Waals surface area contributed by atoms with Gasteiger partial charge in [0.1, 0.15) is 0 Å². The van der Waals surface area contributed by atoms with Crippen LogP contribution in [0, 0.1) is 13.8 Å². The van der Waals surface area contributed by atoms with Gasteiger partial charge in [0.25, 0.3) is 0 Å². The van der Waals surface area contributed by atoms with Gasteiger partial charge in [-0.25, -0.2) is 8.42 Å². The van der Waals surface area contributed by atoms with Crippen LogP contribution in [0.25, 0.3) is 0 Å². The van der Waals surface area contributed by atoms with Gasteiger partial charge in [-0.05, 0) is 33.2 Å². The van der Waals surface area contributed by atoms with E-state index in [0.29, 0.717) is 6.42 Å². The number of aromatic nitrogens is 2. The van der Waals surface area contributed by atoms with E-state index in [1.54, 1.807) is 0 Å². The third-order valence-electron chi connectivity index (χ3n) is 3.86. The van der Waals surface area contributed by atoms with Crippen molar-refractivity contribution in [2.45, 2.75) is 39.3 Å². The van der Waals surface area contributed by atoms with E-state index in [1.165, 1.54) is 5.56 Å². The van der Waals surface area contributed by atoms with Crippen LogP contribution < -0.4 is 5.32 Å². The quantitative estimate of drug-likeness (QED) is 0.639. The van der Waals surface area contributed by atoms with E-state index in [4.69, 9.17) is 0 Å². The molecule has 0 radical (unpaired) electrons. The minimum absolute atomic E-state index is 0.000579. The van der Waals surface area contributed by atoms with Crippen LogP contribution in [0.4, 0.5) is 0 Å². The summed E-state index contributed by atoms with van der Waals surface area (Å²) >= 11 is 0. The first-order valence-electron chi connectivity index (χ1n) is 7.01. The third kappa shape index (κ3) is 3.30. The lowest BCUT2D eigenvalue weighted by molar-refractivity contribution is 0.485. The highest BCUT2D eigenvalue weighted by atomic mass is 32.2. The molecule has 1 N–H and O–H groups in total. The van der Waals surface area contributed by atoms with Crippen LogP contribution in [0.2, 0.25) is 0 Å². The Morgan fingerprint density at radius 3 is 2.85 bits per heavy atom. The normalized spacial score (nSPS) is 21.2. The smallest absolute Gasteiger partial charge is 0.152 e. The Labute approximate surface area is 121 Å². The van der Waals surface area contributed by atoms with Crippen molar-refractivity contribution in [1.29, 1.82) is 0 Å². The van der Waals surface area contributed by atoms with Crippen LogP contribution in [0.3, 0.4) is 0 Å². The van der Waals surface area contributed by atoms with Gasteiger partial charge in [0.15, 0.2) is 9.84 Å². The summed E-state index contributed by atoms with van der Waals surface area (Å²) in [6.45, 7) is 9.37. The second-order valence-corrected chi connectivity index (χ2v) is 7.63. The van der Waals surface area contributed by atoms with E-state index in [0.717, 1.165) is 30.9 Å². The van der Waals surface area contributed by atoms with Crippen molar-refractivity contribution in [3.8, 4) is 0 Å². The fourth-order valence-electron chi connectivity index (χ4n) is 2.69. The molecule has 5 nitrogen and oxygen atoms in total. The summed E-state index contributed by atoms with van der Waals surface area (Å²) < 4.78 is 25.1. The SMILES string of the molecule is C=CCCNCc1c(C)nn(C2CCS(=O)(=O)C2)c1C. The number of nitrogens with zero attached hydrogens (tertiary/aromatic N) is 2. The molecular weight excluding hydrogens is 274 g/mol. The molecule has 2 rings (SSSR count). The van der Waals surface area contributed by atoms with Gasteiger partial charge < -0.3 is 5.32 Å². The lowest BCUT2D eigenvalue weighted by atomic mass is 10.2. The average Bonchev–Trinajstić information content (AvgIpc) is 2.87. The summed E-state index contributed by atoms with van der Waals surface area (Å²) in [5.41, 5.74) is 3.24. The van der Waals surface area contributed by atoms with Gasteiger partial charge in [-0.1, -0.05) is 6.08 Å². The predicted octanol–water partition coefficient (Wildman–Crippen LogP) is 1.53. The number of hydrogen-bond acceptors (Lipinski definition) is 4. The zero-order valence-corrected chi connectivity index (χ0v) is 13.0. The zero-order chi connectivity index (χ0) is 14.8. The summed E-state index contributed by atoms with van der Waals surface area (Å²) in [6, 6.07) is 0.000579. The highest BCUT2D eigenvalue weighted by Crippen LogP contribution is 2.26. The van der Waals surface area contributed by atoms with E-state index in [1.807, 2.05) is 24.6 Å². The maximum absolute atomic E-state index is 11.6. The minimum Gasteiger partial charge on any atom is -0.312 e. The molecule has 0 aliphatic carbocycles. The molecule has 0 aromatic carbocycles. The highest BCUT2D eigenvalue weighted by molar-refractivity contribution is 7.91. The number of nitrogens with one attached hydrogen (secondary N) is 1. The molecule has 112 valence electrons. The highest BCUT2D eigenvalue weighted by Gasteiger charge is 2.31. The summed E-state index contributed by atoms with van der Waals surface area (Å²) in [6.07, 6.45) is 3.50. The minimum atomic E-state index is -2.88. The van der Waals surface area contributed by atoms with E-state index in [2.05, 4.69) is 17.0 Å². The fourth-order valence-corrected chi connectivity index (χ4v) is 4.39. The second-order valence-electron chi connectivity index (χ2n) is 5.40. The van der Waals surface area contributed by atoms with E-state index >= 15 is 0 Å². The Bertz CT molecular complexity index is 590. The second kappa shape index (κ2) is 6.10. The molecule has 1 atom stereocenters. The van der Waals surface area contributed by atoms with Crippen molar-refractivity contribution in [2.24, 2.45) is 0 Å². The summed E-state index contributed by atoms with van der Waals surface area (Å²) in [7, 11) is -2.88. The maximum Gasteiger partial charge on any atom is 0.152 e. The zero-order valence-electron chi connectivity index (χ0n) is 12.2. The molecule has 1 aliphatic rings. The first-order valence-corrected chi connectivity index (χ1v) is 8.83. The number of aryl methyl sites for hydroxylation is 1. The van der Waals surface area contributed by atoms with Gasteiger partial charge >= 0.3 is 0 Å². The number of hydrogen-bond donors (Lipinski definition) is 1. The van der Waals surface area contributed by atoms with E-state index < -0.39 is 9.84 Å². The van der Waals surface area contributed by atoms with Crippen LogP contribution in [-0.2, 0) is 16.4 Å². The topological polar surface area (TPSA) is 64.0 Å². The average molecular weight is 297 g/mol. The van der Waals surface area contributed by atoms with Gasteiger partial charge in [-0.15, -0.1) is 6.58 Å². The predicted molar refractivity (Wildman–Crippen MR) is 80.5 cm³/mol. The molecule has 2 heterocycles. The molecule has 0 bridgehead atoms. The molecule has 1 saturated heterocycles. The van der Waals surface area contributed by atoms with Crippen molar-refractivity contribution >= 4 is 9.84 Å². The Balaban J connectivity index is 2.10. The molecule has 6 heteroatoms. The molecule has 0 spiro atoms. The fraction of sp³-hybridized carbons (Fsp3) is 0.643. The van der Waals surface area contributed by atoms with E-state index in [9.17, 15) is 8.42 Å². The van der Waals surface area contributed by atoms with Crippen LogP contribution in [0.1, 0.15) is 35.8 Å². The molecule has 1 fully saturated rings. The van der Waals surface area contributed by atoms with Gasteiger partial charge in [0.2, 0.25) is 0 Å². The van der Waals surface area contributed by atoms with Crippen molar-refractivity contribution in [2.75, 3.05) is 18.1 Å². The van der Waals surface area contributed by atoms with Crippen molar-refractivity contribution in [1.82, 2.24) is 15.1 Å². The van der Waals surface area contributed by atoms with Gasteiger partial charge in [-0.2, -0.15) is 5.10 Å². The van der Waals surface area contributed by atoms with Crippen LogP contribution >= 0.6 is 0 Å². The van der Waals surface area contributed by atoms with Crippen molar-refractivity contribution in [3.63, 3.8) is 0 Å². The maximum atomic E-state index is 11.6. The molecule has 1 unspecified atom stereocenters. The molecule has 1 aliphatic heterocycles. The van der Waals surface area contributed by atoms with E-state index in [-0.39, 0.29) is 17.5 Å². The summed E-state index contributed by atoms with van der Waals surface area (Å²) in [4.78, 5) is 0. The largest absolute Gasteiger partial charge is 0.312 e. The van der Waals surface area contributed by atoms with Crippen LogP contribution in [-0.4, -0.2) is 36.2 Å².